The van der Waals surface area contributed by atoms with Crippen LogP contribution >= 0.6 is 27.5 Å². The molecule has 0 aliphatic carbocycles. The summed E-state index contributed by atoms with van der Waals surface area (Å²) in [6.07, 6.45) is 1.71. The van der Waals surface area contributed by atoms with E-state index in [2.05, 4.69) is 22.5 Å². The zero-order valence-corrected chi connectivity index (χ0v) is 17.8. The molecule has 0 saturated carbocycles. The lowest BCUT2D eigenvalue weighted by Crippen LogP contribution is -2.25. The molecule has 3 rings (SSSR count). The third-order valence-corrected chi connectivity index (χ3v) is 4.83. The summed E-state index contributed by atoms with van der Waals surface area (Å²) in [4.78, 5) is 1.74. The molecular formula is C22H21BrClF2N. The van der Waals surface area contributed by atoms with Crippen LogP contribution in [0.15, 0.2) is 70.3 Å². The van der Waals surface area contributed by atoms with E-state index in [9.17, 15) is 8.78 Å². The van der Waals surface area contributed by atoms with Crippen molar-refractivity contribution in [3.63, 3.8) is 0 Å². The van der Waals surface area contributed by atoms with Gasteiger partial charge in [0.2, 0.25) is 0 Å². The van der Waals surface area contributed by atoms with E-state index in [-0.39, 0.29) is 5.56 Å². The van der Waals surface area contributed by atoms with Gasteiger partial charge in [0.05, 0.1) is 22.0 Å². The standard InChI is InChI=1S/C20H15BrClF2N.C2H6/c1-3-25-12(2)16(22)11-15(13-7-5-4-6-8-13)20(25)19-17(23)9-14(21)10-18(19)24;1-2/h4-11H,2-3H2,1H3;1-2H3. The number of hydrogen-bond acceptors (Lipinski definition) is 1. The Morgan fingerprint density at radius 2 is 1.63 bits per heavy atom. The van der Waals surface area contributed by atoms with Gasteiger partial charge in [0.15, 0.2) is 0 Å². The Morgan fingerprint density at radius 3 is 2.15 bits per heavy atom. The first-order valence-electron chi connectivity index (χ1n) is 8.72. The molecule has 0 aromatic heterocycles. The second-order valence-corrected chi connectivity index (χ2v) is 6.88. The van der Waals surface area contributed by atoms with Gasteiger partial charge in [-0.2, -0.15) is 0 Å². The summed E-state index contributed by atoms with van der Waals surface area (Å²) in [7, 11) is 0. The molecule has 0 radical (unpaired) electrons. The molecule has 0 spiro atoms. The molecule has 0 N–H and O–H groups in total. The van der Waals surface area contributed by atoms with Gasteiger partial charge in [0, 0.05) is 16.6 Å². The van der Waals surface area contributed by atoms with Crippen LogP contribution in [0.2, 0.25) is 0 Å². The van der Waals surface area contributed by atoms with Crippen LogP contribution in [0.1, 0.15) is 31.9 Å². The van der Waals surface area contributed by atoms with E-state index in [1.165, 1.54) is 12.1 Å². The van der Waals surface area contributed by atoms with Crippen molar-refractivity contribution < 1.29 is 8.78 Å². The molecule has 0 bridgehead atoms. The van der Waals surface area contributed by atoms with Crippen LogP contribution in [0, 0.1) is 11.6 Å². The first-order valence-corrected chi connectivity index (χ1v) is 9.89. The highest BCUT2D eigenvalue weighted by Gasteiger charge is 2.28. The van der Waals surface area contributed by atoms with Crippen LogP contribution in [-0.4, -0.2) is 11.4 Å². The topological polar surface area (TPSA) is 3.24 Å². The Bertz CT molecular complexity index is 881. The third-order valence-electron chi connectivity index (χ3n) is 4.04. The molecule has 1 heterocycles. The quantitative estimate of drug-likeness (QED) is 0.463. The average molecular weight is 453 g/mol. The number of benzene rings is 2. The zero-order valence-electron chi connectivity index (χ0n) is 15.5. The lowest BCUT2D eigenvalue weighted by molar-refractivity contribution is 0.508. The van der Waals surface area contributed by atoms with Crippen molar-refractivity contribution in [3.05, 3.63) is 93.1 Å². The van der Waals surface area contributed by atoms with E-state index >= 15 is 0 Å². The molecule has 2 aromatic carbocycles. The van der Waals surface area contributed by atoms with Crippen molar-refractivity contribution in [3.8, 4) is 0 Å². The predicted octanol–water partition coefficient (Wildman–Crippen LogP) is 7.59. The molecule has 1 aliphatic rings. The summed E-state index contributed by atoms with van der Waals surface area (Å²) in [5.74, 6) is -1.29. The van der Waals surface area contributed by atoms with Crippen molar-refractivity contribution in [1.29, 1.82) is 0 Å². The molecule has 142 valence electrons. The molecule has 2 aromatic rings. The van der Waals surface area contributed by atoms with E-state index in [1.54, 1.807) is 11.0 Å². The van der Waals surface area contributed by atoms with Crippen molar-refractivity contribution in [1.82, 2.24) is 4.90 Å². The second-order valence-electron chi connectivity index (χ2n) is 5.56. The normalized spacial score (nSPS) is 14.0. The number of hydrogen-bond donors (Lipinski definition) is 0. The lowest BCUT2D eigenvalue weighted by atomic mass is 9.94. The Labute approximate surface area is 172 Å². The zero-order chi connectivity index (χ0) is 20.1. The van der Waals surface area contributed by atoms with Gasteiger partial charge in [0.25, 0.3) is 0 Å². The number of likely N-dealkylation sites (N-methyl/N-ethyl adjacent to an activating group) is 1. The van der Waals surface area contributed by atoms with E-state index in [1.807, 2.05) is 51.1 Å². The van der Waals surface area contributed by atoms with E-state index in [4.69, 9.17) is 11.6 Å². The Morgan fingerprint density at radius 1 is 1.07 bits per heavy atom. The lowest BCUT2D eigenvalue weighted by Gasteiger charge is -2.34. The molecule has 1 nitrogen and oxygen atoms in total. The maximum absolute atomic E-state index is 14.7. The largest absolute Gasteiger partial charge is 0.340 e. The highest BCUT2D eigenvalue weighted by Crippen LogP contribution is 2.42. The minimum absolute atomic E-state index is 0.0922. The number of rotatable bonds is 3. The summed E-state index contributed by atoms with van der Waals surface area (Å²) in [6.45, 7) is 10.3. The van der Waals surface area contributed by atoms with Crippen LogP contribution in [0.4, 0.5) is 8.78 Å². The SMILES string of the molecule is C=C1C(Cl)=CC(c2ccccc2)=C(c2c(F)cc(Br)cc2F)N1CC.CC. The molecule has 1 aliphatic heterocycles. The van der Waals surface area contributed by atoms with Gasteiger partial charge in [-0.1, -0.05) is 78.3 Å². The predicted molar refractivity (Wildman–Crippen MR) is 114 cm³/mol. The molecule has 0 unspecified atom stereocenters. The van der Waals surface area contributed by atoms with Gasteiger partial charge in [-0.05, 0) is 30.7 Å². The summed E-state index contributed by atoms with van der Waals surface area (Å²) < 4.78 is 29.8. The Hall–Kier alpha value is -1.91. The second kappa shape index (κ2) is 9.34. The summed E-state index contributed by atoms with van der Waals surface area (Å²) in [6, 6.07) is 11.9. The average Bonchev–Trinajstić information content (AvgIpc) is 2.66. The van der Waals surface area contributed by atoms with E-state index in [0.717, 1.165) is 5.56 Å². The van der Waals surface area contributed by atoms with Crippen LogP contribution in [-0.2, 0) is 0 Å². The van der Waals surface area contributed by atoms with Gasteiger partial charge in [0.1, 0.15) is 11.6 Å². The van der Waals surface area contributed by atoms with E-state index in [0.29, 0.717) is 33.0 Å². The van der Waals surface area contributed by atoms with Crippen molar-refractivity contribution in [2.45, 2.75) is 20.8 Å². The summed E-state index contributed by atoms with van der Waals surface area (Å²) in [5.41, 5.74) is 2.32. The van der Waals surface area contributed by atoms with Gasteiger partial charge in [-0.3, -0.25) is 0 Å². The maximum Gasteiger partial charge on any atom is 0.136 e. The van der Waals surface area contributed by atoms with Crippen LogP contribution < -0.4 is 0 Å². The fourth-order valence-corrected chi connectivity index (χ4v) is 3.53. The first-order chi connectivity index (χ1) is 12.9. The van der Waals surface area contributed by atoms with E-state index < -0.39 is 11.6 Å². The number of allylic oxidation sites excluding steroid dienone is 3. The van der Waals surface area contributed by atoms with Crippen LogP contribution in [0.3, 0.4) is 0 Å². The first kappa shape index (κ1) is 21.4. The minimum Gasteiger partial charge on any atom is -0.340 e. The smallest absolute Gasteiger partial charge is 0.136 e. The van der Waals surface area contributed by atoms with Gasteiger partial charge in [-0.15, -0.1) is 0 Å². The van der Waals surface area contributed by atoms with Crippen molar-refractivity contribution >= 4 is 38.8 Å². The molecule has 0 fully saturated rings. The molecular weight excluding hydrogens is 432 g/mol. The van der Waals surface area contributed by atoms with Gasteiger partial charge >= 0.3 is 0 Å². The van der Waals surface area contributed by atoms with Crippen molar-refractivity contribution in [2.75, 3.05) is 6.54 Å². The van der Waals surface area contributed by atoms with Gasteiger partial charge in [-0.25, -0.2) is 8.78 Å². The fraction of sp³-hybridized carbons (Fsp3) is 0.182. The Balaban J connectivity index is 0.00000126. The monoisotopic (exact) mass is 451 g/mol. The highest BCUT2D eigenvalue weighted by molar-refractivity contribution is 9.10. The van der Waals surface area contributed by atoms with Crippen LogP contribution in [0.5, 0.6) is 0 Å². The number of halogens is 4. The molecule has 5 heteroatoms. The summed E-state index contributed by atoms with van der Waals surface area (Å²) in [5, 5.41) is 0.447. The Kier molecular flexibility index (Phi) is 7.40. The minimum atomic E-state index is -0.645. The molecule has 0 amide bonds. The molecule has 0 saturated heterocycles. The van der Waals surface area contributed by atoms with Crippen molar-refractivity contribution in [2.24, 2.45) is 0 Å². The number of nitrogens with zero attached hydrogens (tertiary/aromatic N) is 1. The highest BCUT2D eigenvalue weighted by atomic mass is 79.9. The van der Waals surface area contributed by atoms with Gasteiger partial charge < -0.3 is 4.90 Å². The molecule has 27 heavy (non-hydrogen) atoms. The third kappa shape index (κ3) is 4.33. The maximum atomic E-state index is 14.7. The van der Waals surface area contributed by atoms with Crippen LogP contribution in [0.25, 0.3) is 11.3 Å². The fourth-order valence-electron chi connectivity index (χ4n) is 2.91. The summed E-state index contributed by atoms with van der Waals surface area (Å²) >= 11 is 9.46. The molecule has 0 atom stereocenters.